The van der Waals surface area contributed by atoms with Crippen LogP contribution in [-0.4, -0.2) is 23.4 Å². The number of hydrogen-bond donors (Lipinski definition) is 1. The summed E-state index contributed by atoms with van der Waals surface area (Å²) in [6, 6.07) is 6.02. The van der Waals surface area contributed by atoms with Gasteiger partial charge in [0.05, 0.1) is 11.7 Å². The average Bonchev–Trinajstić information content (AvgIpc) is 3.27. The number of rotatable bonds is 9. The fourth-order valence-corrected chi connectivity index (χ4v) is 3.32. The lowest BCUT2D eigenvalue weighted by molar-refractivity contribution is 0.320. The quantitative estimate of drug-likeness (QED) is 0.343. The van der Waals surface area contributed by atoms with Gasteiger partial charge in [-0.2, -0.15) is 0 Å². The van der Waals surface area contributed by atoms with E-state index < -0.39 is 5.63 Å². The maximum atomic E-state index is 11.3. The molecule has 3 rings (SSSR count). The number of phenolic OH excluding ortho intramolecular Hbond substituents is 1. The van der Waals surface area contributed by atoms with E-state index in [4.69, 9.17) is 13.9 Å². The van der Waals surface area contributed by atoms with Gasteiger partial charge in [-0.25, -0.2) is 4.79 Å². The minimum Gasteiger partial charge on any atom is -0.504 e. The highest BCUT2D eigenvalue weighted by Gasteiger charge is 2.46. The topological polar surface area (TPSA) is 72.2 Å². The number of benzene rings is 1. The summed E-state index contributed by atoms with van der Waals surface area (Å²) in [5.41, 5.74) is 2.67. The van der Waals surface area contributed by atoms with Crippen LogP contribution >= 0.6 is 0 Å². The Labute approximate surface area is 171 Å². The maximum Gasteiger partial charge on any atom is 0.336 e. The molecule has 0 radical (unpaired) electrons. The third-order valence-corrected chi connectivity index (χ3v) is 5.37. The molecule has 5 heteroatoms. The molecule has 0 spiro atoms. The first-order chi connectivity index (χ1) is 13.7. The summed E-state index contributed by atoms with van der Waals surface area (Å²) in [6.07, 6.45) is 8.84. The van der Waals surface area contributed by atoms with Crippen LogP contribution in [0.1, 0.15) is 53.4 Å². The van der Waals surface area contributed by atoms with Crippen molar-refractivity contribution < 1.29 is 19.0 Å². The van der Waals surface area contributed by atoms with Crippen LogP contribution in [0.3, 0.4) is 0 Å². The molecule has 1 saturated heterocycles. The van der Waals surface area contributed by atoms with Crippen molar-refractivity contribution in [1.82, 2.24) is 0 Å². The first-order valence-corrected chi connectivity index (χ1v) is 10.1. The van der Waals surface area contributed by atoms with Gasteiger partial charge in [-0.15, -0.1) is 0 Å². The first-order valence-electron chi connectivity index (χ1n) is 10.1. The molecule has 29 heavy (non-hydrogen) atoms. The van der Waals surface area contributed by atoms with Crippen LogP contribution in [0.2, 0.25) is 0 Å². The van der Waals surface area contributed by atoms with Crippen molar-refractivity contribution in [3.8, 4) is 11.5 Å². The normalized spacial score (nSPS) is 18.8. The zero-order chi connectivity index (χ0) is 21.0. The molecule has 0 aliphatic carbocycles. The van der Waals surface area contributed by atoms with Gasteiger partial charge >= 0.3 is 5.63 Å². The molecule has 0 bridgehead atoms. The van der Waals surface area contributed by atoms with Gasteiger partial charge in [0.2, 0.25) is 0 Å². The standard InChI is InChI=1S/C24H30O5/c1-16(8-10-22-24(3,4)29-22)6-5-7-17(2)12-13-27-21-15-20-18(14-19(21)25)9-11-23(26)28-20/h6,9,11-12,14-15,22,25H,5,7-8,10,13H2,1-4H3/b16-6+,17-12+. The van der Waals surface area contributed by atoms with E-state index in [1.807, 2.05) is 6.08 Å². The van der Waals surface area contributed by atoms with Crippen LogP contribution < -0.4 is 10.4 Å². The zero-order valence-corrected chi connectivity index (χ0v) is 17.7. The minimum atomic E-state index is -0.429. The summed E-state index contributed by atoms with van der Waals surface area (Å²) in [5, 5.41) is 10.7. The molecule has 5 nitrogen and oxygen atoms in total. The van der Waals surface area contributed by atoms with Gasteiger partial charge in [0, 0.05) is 17.5 Å². The Balaban J connectivity index is 1.45. The Morgan fingerprint density at radius 3 is 2.62 bits per heavy atom. The van der Waals surface area contributed by atoms with Gasteiger partial charge in [-0.3, -0.25) is 0 Å². The third-order valence-electron chi connectivity index (χ3n) is 5.37. The lowest BCUT2D eigenvalue weighted by Gasteiger charge is -2.08. The molecule has 0 amide bonds. The van der Waals surface area contributed by atoms with Gasteiger partial charge in [0.25, 0.3) is 0 Å². The highest BCUT2D eigenvalue weighted by Crippen LogP contribution is 2.39. The molecule has 1 aromatic carbocycles. The van der Waals surface area contributed by atoms with Crippen LogP contribution in [0.4, 0.5) is 0 Å². The molecule has 1 aliphatic heterocycles. The first kappa shape index (κ1) is 21.2. The van der Waals surface area contributed by atoms with Crippen LogP contribution in [0.15, 0.2) is 56.8 Å². The average molecular weight is 398 g/mol. The third kappa shape index (κ3) is 5.97. The molecule has 156 valence electrons. The van der Waals surface area contributed by atoms with Crippen molar-refractivity contribution in [1.29, 1.82) is 0 Å². The second-order valence-electron chi connectivity index (χ2n) is 8.31. The lowest BCUT2D eigenvalue weighted by Crippen LogP contribution is -2.02. The Morgan fingerprint density at radius 1 is 1.17 bits per heavy atom. The van der Waals surface area contributed by atoms with E-state index in [1.54, 1.807) is 12.1 Å². The predicted octanol–water partition coefficient (Wildman–Crippen LogP) is 5.51. The van der Waals surface area contributed by atoms with Gasteiger partial charge in [0.15, 0.2) is 11.5 Å². The SMILES string of the molecule is C/C(=C\COc1cc2oc(=O)ccc2cc1O)CC/C=C(\C)CCC1OC1(C)C. The molecule has 1 aliphatic rings. The molecule has 1 N–H and O–H groups in total. The van der Waals surface area contributed by atoms with Crippen molar-refractivity contribution in [2.75, 3.05) is 6.61 Å². The van der Waals surface area contributed by atoms with E-state index in [0.29, 0.717) is 29.4 Å². The van der Waals surface area contributed by atoms with E-state index in [2.05, 4.69) is 33.8 Å². The van der Waals surface area contributed by atoms with Gasteiger partial charge in [0.1, 0.15) is 12.2 Å². The van der Waals surface area contributed by atoms with Crippen LogP contribution in [0.5, 0.6) is 11.5 Å². The Kier molecular flexibility index (Phi) is 6.48. The van der Waals surface area contributed by atoms with E-state index in [0.717, 1.165) is 25.7 Å². The minimum absolute atomic E-state index is 0.0266. The van der Waals surface area contributed by atoms with Crippen molar-refractivity contribution in [2.45, 2.75) is 65.1 Å². The second kappa shape index (κ2) is 8.87. The van der Waals surface area contributed by atoms with E-state index in [9.17, 15) is 9.90 Å². The highest BCUT2D eigenvalue weighted by molar-refractivity contribution is 5.80. The van der Waals surface area contributed by atoms with Crippen molar-refractivity contribution in [3.05, 3.63) is 58.0 Å². The largest absolute Gasteiger partial charge is 0.504 e. The fourth-order valence-electron chi connectivity index (χ4n) is 3.32. The molecule has 1 atom stereocenters. The van der Waals surface area contributed by atoms with Crippen LogP contribution in [0, 0.1) is 0 Å². The Bertz CT molecular complexity index is 980. The molecule has 1 aromatic heterocycles. The van der Waals surface area contributed by atoms with E-state index in [-0.39, 0.29) is 11.4 Å². The zero-order valence-electron chi connectivity index (χ0n) is 17.7. The van der Waals surface area contributed by atoms with Gasteiger partial charge in [-0.05, 0) is 71.6 Å². The molecular formula is C24H30O5. The van der Waals surface area contributed by atoms with Crippen molar-refractivity contribution >= 4 is 11.0 Å². The maximum absolute atomic E-state index is 11.3. The predicted molar refractivity (Wildman–Crippen MR) is 115 cm³/mol. The summed E-state index contributed by atoms with van der Waals surface area (Å²) in [4.78, 5) is 11.3. The smallest absolute Gasteiger partial charge is 0.336 e. The fraction of sp³-hybridized carbons (Fsp3) is 0.458. The van der Waals surface area contributed by atoms with Gasteiger partial charge < -0.3 is 19.0 Å². The molecule has 0 saturated carbocycles. The molecule has 2 aromatic rings. The monoisotopic (exact) mass is 398 g/mol. The Morgan fingerprint density at radius 2 is 1.90 bits per heavy atom. The number of fused-ring (bicyclic) bond motifs is 1. The van der Waals surface area contributed by atoms with Crippen molar-refractivity contribution in [3.63, 3.8) is 0 Å². The van der Waals surface area contributed by atoms with Gasteiger partial charge in [-0.1, -0.05) is 17.2 Å². The Hall–Kier alpha value is -2.53. The van der Waals surface area contributed by atoms with E-state index in [1.165, 1.54) is 23.3 Å². The summed E-state index contributed by atoms with van der Waals surface area (Å²) >= 11 is 0. The number of aromatic hydroxyl groups is 1. The molecule has 1 unspecified atom stereocenters. The number of hydrogen-bond acceptors (Lipinski definition) is 5. The van der Waals surface area contributed by atoms with Crippen LogP contribution in [0.25, 0.3) is 11.0 Å². The number of ether oxygens (including phenoxy) is 2. The lowest BCUT2D eigenvalue weighted by atomic mass is 10.0. The summed E-state index contributed by atoms with van der Waals surface area (Å²) in [5.74, 6) is 0.329. The summed E-state index contributed by atoms with van der Waals surface area (Å²) < 4.78 is 16.4. The summed E-state index contributed by atoms with van der Waals surface area (Å²) in [6.45, 7) is 8.88. The molecule has 1 fully saturated rings. The van der Waals surface area contributed by atoms with E-state index >= 15 is 0 Å². The van der Waals surface area contributed by atoms with Crippen LogP contribution in [-0.2, 0) is 4.74 Å². The molecule has 2 heterocycles. The number of epoxide rings is 1. The number of phenols is 1. The molecular weight excluding hydrogens is 368 g/mol. The van der Waals surface area contributed by atoms with Crippen molar-refractivity contribution in [2.24, 2.45) is 0 Å². The second-order valence-corrected chi connectivity index (χ2v) is 8.31. The number of allylic oxidation sites excluding steroid dienone is 3. The summed E-state index contributed by atoms with van der Waals surface area (Å²) in [7, 11) is 0. The highest BCUT2D eigenvalue weighted by atomic mass is 16.6.